The summed E-state index contributed by atoms with van der Waals surface area (Å²) in [5.41, 5.74) is 1.01. The summed E-state index contributed by atoms with van der Waals surface area (Å²) in [6, 6.07) is 5.67. The van der Waals surface area contributed by atoms with E-state index in [1.807, 2.05) is 18.2 Å². The van der Waals surface area contributed by atoms with Gasteiger partial charge in [0, 0.05) is 0 Å². The van der Waals surface area contributed by atoms with Crippen molar-refractivity contribution in [1.82, 2.24) is 0 Å². The lowest BCUT2D eigenvalue weighted by Gasteiger charge is -2.08. The van der Waals surface area contributed by atoms with Gasteiger partial charge in [-0.25, -0.2) is 0 Å². The SMILES string of the molecule is COc1ccc(CC(Cl)C(C)=O)cc1Br. The van der Waals surface area contributed by atoms with E-state index in [4.69, 9.17) is 16.3 Å². The number of Topliss-reactive ketones (excluding diaryl/α,β-unsaturated/α-hetero) is 1. The van der Waals surface area contributed by atoms with Crippen LogP contribution in [0, 0.1) is 0 Å². The number of halogens is 2. The predicted octanol–water partition coefficient (Wildman–Crippen LogP) is 3.20. The van der Waals surface area contributed by atoms with Crippen LogP contribution in [0.5, 0.6) is 5.75 Å². The predicted molar refractivity (Wildman–Crippen MR) is 64.7 cm³/mol. The Hall–Kier alpha value is -0.540. The lowest BCUT2D eigenvalue weighted by atomic mass is 10.1. The number of hydrogen-bond acceptors (Lipinski definition) is 2. The van der Waals surface area contributed by atoms with Crippen LogP contribution in [-0.4, -0.2) is 18.3 Å². The number of hydrogen-bond donors (Lipinski definition) is 0. The van der Waals surface area contributed by atoms with Crippen LogP contribution in [0.1, 0.15) is 12.5 Å². The molecule has 0 aliphatic heterocycles. The van der Waals surface area contributed by atoms with Crippen LogP contribution in [0.15, 0.2) is 22.7 Å². The smallest absolute Gasteiger partial charge is 0.147 e. The Morgan fingerprint density at radius 3 is 2.73 bits per heavy atom. The highest BCUT2D eigenvalue weighted by molar-refractivity contribution is 9.10. The average Bonchev–Trinajstić information content (AvgIpc) is 2.18. The van der Waals surface area contributed by atoms with Crippen molar-refractivity contribution >= 4 is 33.3 Å². The minimum absolute atomic E-state index is 0.0105. The Kier molecular flexibility index (Phi) is 4.61. The molecule has 0 fully saturated rings. The number of ether oxygens (including phenoxy) is 1. The van der Waals surface area contributed by atoms with E-state index in [9.17, 15) is 4.79 Å². The van der Waals surface area contributed by atoms with E-state index in [1.54, 1.807) is 7.11 Å². The second-order valence-corrected chi connectivity index (χ2v) is 4.63. The van der Waals surface area contributed by atoms with Crippen molar-refractivity contribution in [2.45, 2.75) is 18.7 Å². The summed E-state index contributed by atoms with van der Waals surface area (Å²) in [6.07, 6.45) is 0.541. The molecule has 0 spiro atoms. The monoisotopic (exact) mass is 290 g/mol. The minimum Gasteiger partial charge on any atom is -0.496 e. The van der Waals surface area contributed by atoms with Crippen LogP contribution in [0.2, 0.25) is 0 Å². The summed E-state index contributed by atoms with van der Waals surface area (Å²) in [5, 5.41) is -0.453. The van der Waals surface area contributed by atoms with Crippen molar-refractivity contribution in [3.63, 3.8) is 0 Å². The summed E-state index contributed by atoms with van der Waals surface area (Å²) in [5.74, 6) is 0.760. The number of rotatable bonds is 4. The highest BCUT2D eigenvalue weighted by Crippen LogP contribution is 2.26. The molecule has 1 aromatic carbocycles. The van der Waals surface area contributed by atoms with Crippen LogP contribution in [0.25, 0.3) is 0 Å². The zero-order valence-electron chi connectivity index (χ0n) is 8.59. The highest BCUT2D eigenvalue weighted by atomic mass is 79.9. The molecule has 15 heavy (non-hydrogen) atoms. The molecular formula is C11H12BrClO2. The molecule has 0 amide bonds. The standard InChI is InChI=1S/C11H12BrClO2/c1-7(14)10(13)6-8-3-4-11(15-2)9(12)5-8/h3-5,10H,6H2,1-2H3. The third-order valence-electron chi connectivity index (χ3n) is 2.07. The van der Waals surface area contributed by atoms with Gasteiger partial charge >= 0.3 is 0 Å². The molecule has 1 aromatic rings. The third-order valence-corrected chi connectivity index (χ3v) is 3.15. The molecule has 2 nitrogen and oxygen atoms in total. The number of benzene rings is 1. The van der Waals surface area contributed by atoms with Crippen LogP contribution < -0.4 is 4.74 Å². The van der Waals surface area contributed by atoms with Crippen molar-refractivity contribution in [3.8, 4) is 5.75 Å². The maximum absolute atomic E-state index is 11.0. The zero-order valence-corrected chi connectivity index (χ0v) is 10.9. The molecule has 0 aromatic heterocycles. The number of carbonyl (C=O) groups is 1. The van der Waals surface area contributed by atoms with Gasteiger partial charge in [0.05, 0.1) is 17.0 Å². The Morgan fingerprint density at radius 1 is 1.60 bits per heavy atom. The Balaban J connectivity index is 2.79. The quantitative estimate of drug-likeness (QED) is 0.796. The Bertz CT molecular complexity index is 366. The fourth-order valence-electron chi connectivity index (χ4n) is 1.19. The van der Waals surface area contributed by atoms with E-state index in [-0.39, 0.29) is 5.78 Å². The van der Waals surface area contributed by atoms with Crippen LogP contribution in [0.3, 0.4) is 0 Å². The molecule has 0 N–H and O–H groups in total. The van der Waals surface area contributed by atoms with Gasteiger partial charge in [0.2, 0.25) is 0 Å². The van der Waals surface area contributed by atoms with E-state index in [2.05, 4.69) is 15.9 Å². The van der Waals surface area contributed by atoms with Crippen molar-refractivity contribution in [2.24, 2.45) is 0 Å². The molecule has 0 saturated carbocycles. The van der Waals surface area contributed by atoms with Crippen molar-refractivity contribution in [2.75, 3.05) is 7.11 Å². The molecule has 4 heteroatoms. The number of methoxy groups -OCH3 is 1. The summed E-state index contributed by atoms with van der Waals surface area (Å²) in [7, 11) is 1.61. The van der Waals surface area contributed by atoms with Crippen molar-refractivity contribution in [3.05, 3.63) is 28.2 Å². The van der Waals surface area contributed by atoms with Gasteiger partial charge in [-0.1, -0.05) is 6.07 Å². The third kappa shape index (κ3) is 3.50. The fraction of sp³-hybridized carbons (Fsp3) is 0.364. The van der Waals surface area contributed by atoms with Gasteiger partial charge in [0.1, 0.15) is 11.5 Å². The molecule has 0 radical (unpaired) electrons. The molecule has 0 saturated heterocycles. The molecular weight excluding hydrogens is 279 g/mol. The van der Waals surface area contributed by atoms with E-state index in [0.717, 1.165) is 15.8 Å². The topological polar surface area (TPSA) is 26.3 Å². The van der Waals surface area contributed by atoms with Gasteiger partial charge in [-0.3, -0.25) is 4.79 Å². The average molecular weight is 292 g/mol. The van der Waals surface area contributed by atoms with E-state index >= 15 is 0 Å². The summed E-state index contributed by atoms with van der Waals surface area (Å²) < 4.78 is 5.98. The number of carbonyl (C=O) groups excluding carboxylic acids is 1. The second kappa shape index (κ2) is 5.52. The number of ketones is 1. The Morgan fingerprint density at radius 2 is 2.27 bits per heavy atom. The minimum atomic E-state index is -0.453. The van der Waals surface area contributed by atoms with Gasteiger partial charge in [0.25, 0.3) is 0 Å². The van der Waals surface area contributed by atoms with E-state index in [1.165, 1.54) is 6.92 Å². The molecule has 82 valence electrons. The second-order valence-electron chi connectivity index (χ2n) is 3.25. The first-order valence-electron chi connectivity index (χ1n) is 4.51. The van der Waals surface area contributed by atoms with Gasteiger partial charge in [-0.05, 0) is 47.0 Å². The van der Waals surface area contributed by atoms with Gasteiger partial charge < -0.3 is 4.74 Å². The molecule has 0 aliphatic carbocycles. The van der Waals surface area contributed by atoms with Gasteiger partial charge in [-0.2, -0.15) is 0 Å². The van der Waals surface area contributed by atoms with Crippen LogP contribution in [-0.2, 0) is 11.2 Å². The molecule has 1 unspecified atom stereocenters. The van der Waals surface area contributed by atoms with Gasteiger partial charge in [0.15, 0.2) is 0 Å². The zero-order chi connectivity index (χ0) is 11.4. The highest BCUT2D eigenvalue weighted by Gasteiger charge is 2.11. The lowest BCUT2D eigenvalue weighted by molar-refractivity contribution is -0.116. The first kappa shape index (κ1) is 12.5. The summed E-state index contributed by atoms with van der Waals surface area (Å²) >= 11 is 9.26. The molecule has 0 aliphatic rings. The normalized spacial score (nSPS) is 12.3. The van der Waals surface area contributed by atoms with Crippen molar-refractivity contribution < 1.29 is 9.53 Å². The van der Waals surface area contributed by atoms with Crippen LogP contribution in [0.4, 0.5) is 0 Å². The maximum atomic E-state index is 11.0. The molecule has 0 heterocycles. The first-order chi connectivity index (χ1) is 7.04. The van der Waals surface area contributed by atoms with Crippen molar-refractivity contribution in [1.29, 1.82) is 0 Å². The van der Waals surface area contributed by atoms with Gasteiger partial charge in [-0.15, -0.1) is 11.6 Å². The summed E-state index contributed by atoms with van der Waals surface area (Å²) in [4.78, 5) is 11.0. The summed E-state index contributed by atoms with van der Waals surface area (Å²) in [6.45, 7) is 1.50. The largest absolute Gasteiger partial charge is 0.496 e. The Labute approximate surface area is 103 Å². The first-order valence-corrected chi connectivity index (χ1v) is 5.74. The maximum Gasteiger partial charge on any atom is 0.147 e. The molecule has 1 rings (SSSR count). The van der Waals surface area contributed by atoms with E-state index < -0.39 is 5.38 Å². The fourth-order valence-corrected chi connectivity index (χ4v) is 1.95. The van der Waals surface area contributed by atoms with E-state index in [0.29, 0.717) is 6.42 Å². The van der Waals surface area contributed by atoms with Crippen LogP contribution >= 0.6 is 27.5 Å². The number of alkyl halides is 1. The lowest BCUT2D eigenvalue weighted by Crippen LogP contribution is -2.13. The molecule has 1 atom stereocenters. The molecule has 0 bridgehead atoms.